The summed E-state index contributed by atoms with van der Waals surface area (Å²) < 4.78 is 21.2. The van der Waals surface area contributed by atoms with Gasteiger partial charge in [-0.1, -0.05) is 24.3 Å². The first-order valence-electron chi connectivity index (χ1n) is 10.3. The molecule has 0 aliphatic carbocycles. The normalized spacial score (nSPS) is 11.0. The van der Waals surface area contributed by atoms with Crippen molar-refractivity contribution >= 4 is 17.6 Å². The van der Waals surface area contributed by atoms with Gasteiger partial charge in [-0.3, -0.25) is 9.59 Å². The molecule has 0 aromatic heterocycles. The van der Waals surface area contributed by atoms with Crippen molar-refractivity contribution in [3.05, 3.63) is 83.4 Å². The smallest absolute Gasteiger partial charge is 0.311 e. The minimum Gasteiger partial charge on any atom is -0.497 e. The van der Waals surface area contributed by atoms with Gasteiger partial charge >= 0.3 is 5.97 Å². The third-order valence-electron chi connectivity index (χ3n) is 4.99. The molecule has 0 aliphatic heterocycles. The maximum Gasteiger partial charge on any atom is 0.311 e. The number of nitriles is 1. The Morgan fingerprint density at radius 1 is 0.882 bits per heavy atom. The predicted octanol–water partition coefficient (Wildman–Crippen LogP) is 4.05. The molecular formula is C26H24N2O6. The summed E-state index contributed by atoms with van der Waals surface area (Å²) in [5.41, 5.74) is 2.00. The lowest BCUT2D eigenvalue weighted by molar-refractivity contribution is -0.154. The van der Waals surface area contributed by atoms with Gasteiger partial charge in [-0.2, -0.15) is 5.26 Å². The van der Waals surface area contributed by atoms with Crippen LogP contribution >= 0.6 is 0 Å². The number of esters is 1. The number of rotatable bonds is 9. The molecule has 0 bridgehead atoms. The molecule has 34 heavy (non-hydrogen) atoms. The van der Waals surface area contributed by atoms with Gasteiger partial charge < -0.3 is 24.3 Å². The van der Waals surface area contributed by atoms with E-state index in [2.05, 4.69) is 5.32 Å². The van der Waals surface area contributed by atoms with Crippen molar-refractivity contribution in [2.75, 3.05) is 26.6 Å². The number of carbonyl (C=O) groups is 2. The predicted molar refractivity (Wildman–Crippen MR) is 125 cm³/mol. The fourth-order valence-corrected chi connectivity index (χ4v) is 3.21. The van der Waals surface area contributed by atoms with Crippen LogP contribution in [0.1, 0.15) is 22.8 Å². The Labute approximate surface area is 197 Å². The van der Waals surface area contributed by atoms with Gasteiger partial charge in [0.05, 0.1) is 39.4 Å². The lowest BCUT2D eigenvalue weighted by Crippen LogP contribution is -2.26. The van der Waals surface area contributed by atoms with Gasteiger partial charge in [0, 0.05) is 17.3 Å². The number of amides is 1. The van der Waals surface area contributed by atoms with Crippen molar-refractivity contribution in [3.8, 4) is 23.3 Å². The highest BCUT2D eigenvalue weighted by Crippen LogP contribution is 2.30. The van der Waals surface area contributed by atoms with Crippen LogP contribution in [-0.2, 0) is 20.7 Å². The lowest BCUT2D eigenvalue weighted by atomic mass is 10.1. The zero-order valence-corrected chi connectivity index (χ0v) is 19.0. The summed E-state index contributed by atoms with van der Waals surface area (Å²) >= 11 is 0. The number of carbonyl (C=O) groups excluding carboxylic acids is 2. The minimum atomic E-state index is -1.23. The van der Waals surface area contributed by atoms with Gasteiger partial charge in [0.1, 0.15) is 5.75 Å². The molecule has 174 valence electrons. The van der Waals surface area contributed by atoms with E-state index in [0.717, 1.165) is 0 Å². The molecule has 3 rings (SSSR count). The lowest BCUT2D eigenvalue weighted by Gasteiger charge is -2.19. The maximum atomic E-state index is 13.2. The highest BCUT2D eigenvalue weighted by atomic mass is 16.5. The topological polar surface area (TPSA) is 107 Å². The van der Waals surface area contributed by atoms with E-state index in [1.807, 2.05) is 6.07 Å². The number of hydrogen-bond donors (Lipinski definition) is 1. The summed E-state index contributed by atoms with van der Waals surface area (Å²) in [6.07, 6.45) is -1.26. The van der Waals surface area contributed by atoms with Crippen LogP contribution in [-0.4, -0.2) is 33.2 Å². The van der Waals surface area contributed by atoms with Gasteiger partial charge in [-0.25, -0.2) is 0 Å². The molecule has 1 amide bonds. The number of hydrogen-bond acceptors (Lipinski definition) is 7. The molecule has 0 aliphatic rings. The number of nitrogens with one attached hydrogen (secondary N) is 1. The molecule has 1 atom stereocenters. The summed E-state index contributed by atoms with van der Waals surface area (Å²) in [5.74, 6) is 0.477. The third-order valence-corrected chi connectivity index (χ3v) is 4.99. The van der Waals surface area contributed by atoms with Crippen molar-refractivity contribution in [2.24, 2.45) is 0 Å². The van der Waals surface area contributed by atoms with Crippen LogP contribution in [0, 0.1) is 11.3 Å². The number of anilines is 1. The second-order valence-electron chi connectivity index (χ2n) is 7.19. The number of ether oxygens (including phenoxy) is 4. The molecule has 0 spiro atoms. The summed E-state index contributed by atoms with van der Waals surface area (Å²) in [7, 11) is 4.56. The first kappa shape index (κ1) is 24.1. The average Bonchev–Trinajstić information content (AvgIpc) is 2.87. The van der Waals surface area contributed by atoms with Gasteiger partial charge in [-0.05, 0) is 42.0 Å². The fourth-order valence-electron chi connectivity index (χ4n) is 3.21. The van der Waals surface area contributed by atoms with E-state index >= 15 is 0 Å². The quantitative estimate of drug-likeness (QED) is 0.480. The first-order chi connectivity index (χ1) is 16.5. The van der Waals surface area contributed by atoms with Crippen molar-refractivity contribution < 1.29 is 28.5 Å². The van der Waals surface area contributed by atoms with Gasteiger partial charge in [-0.15, -0.1) is 0 Å². The summed E-state index contributed by atoms with van der Waals surface area (Å²) in [6, 6.07) is 20.2. The van der Waals surface area contributed by atoms with Crippen molar-refractivity contribution in [2.45, 2.75) is 12.5 Å². The summed E-state index contributed by atoms with van der Waals surface area (Å²) in [5, 5.41) is 11.8. The average molecular weight is 460 g/mol. The van der Waals surface area contributed by atoms with Crippen LogP contribution in [0.3, 0.4) is 0 Å². The largest absolute Gasteiger partial charge is 0.497 e. The van der Waals surface area contributed by atoms with Crippen molar-refractivity contribution in [1.82, 2.24) is 0 Å². The zero-order chi connectivity index (χ0) is 24.5. The van der Waals surface area contributed by atoms with E-state index in [9.17, 15) is 9.59 Å². The van der Waals surface area contributed by atoms with Crippen molar-refractivity contribution in [3.63, 3.8) is 0 Å². The van der Waals surface area contributed by atoms with E-state index in [-0.39, 0.29) is 6.42 Å². The molecule has 3 aromatic rings. The molecule has 0 saturated carbocycles. The summed E-state index contributed by atoms with van der Waals surface area (Å²) in [4.78, 5) is 25.8. The van der Waals surface area contributed by atoms with Gasteiger partial charge in [0.15, 0.2) is 11.5 Å². The third kappa shape index (κ3) is 6.04. The molecule has 0 radical (unpaired) electrons. The fraction of sp³-hybridized carbons (Fsp3) is 0.192. The van der Waals surface area contributed by atoms with Crippen LogP contribution < -0.4 is 19.5 Å². The molecule has 0 heterocycles. The summed E-state index contributed by atoms with van der Waals surface area (Å²) in [6.45, 7) is 0. The number of nitrogens with zero attached hydrogens (tertiary/aromatic N) is 1. The Morgan fingerprint density at radius 3 is 2.15 bits per heavy atom. The van der Waals surface area contributed by atoms with Gasteiger partial charge in [0.25, 0.3) is 5.91 Å². The molecule has 1 N–H and O–H groups in total. The van der Waals surface area contributed by atoms with Crippen LogP contribution in [0.5, 0.6) is 17.2 Å². The van der Waals surface area contributed by atoms with Gasteiger partial charge in [0.2, 0.25) is 6.10 Å². The molecular weight excluding hydrogens is 436 g/mol. The monoisotopic (exact) mass is 460 g/mol. The Balaban J connectivity index is 1.81. The van der Waals surface area contributed by atoms with E-state index in [4.69, 9.17) is 24.2 Å². The second kappa shape index (κ2) is 11.4. The maximum absolute atomic E-state index is 13.2. The highest BCUT2D eigenvalue weighted by molar-refractivity contribution is 5.96. The Bertz CT molecular complexity index is 1180. The standard InChI is InChI=1S/C26H24N2O6/c1-31-21-11-6-17(7-12-21)14-24(29)34-25(19-8-4-18(16-27)5-9-19)26(30)28-20-10-13-22(32-2)23(15-20)33-3/h4-13,15,25H,14H2,1-3H3,(H,28,30). The van der Waals surface area contributed by atoms with E-state index in [1.165, 1.54) is 14.2 Å². The number of benzene rings is 3. The highest BCUT2D eigenvalue weighted by Gasteiger charge is 2.26. The molecule has 1 unspecified atom stereocenters. The van der Waals surface area contributed by atoms with Crippen LogP contribution in [0.4, 0.5) is 5.69 Å². The van der Waals surface area contributed by atoms with E-state index < -0.39 is 18.0 Å². The molecule has 0 fully saturated rings. The number of methoxy groups -OCH3 is 3. The van der Waals surface area contributed by atoms with Crippen LogP contribution in [0.25, 0.3) is 0 Å². The SMILES string of the molecule is COc1ccc(CC(=O)OC(C(=O)Nc2ccc(OC)c(OC)c2)c2ccc(C#N)cc2)cc1. The Kier molecular flexibility index (Phi) is 8.08. The van der Waals surface area contributed by atoms with Crippen LogP contribution in [0.2, 0.25) is 0 Å². The first-order valence-corrected chi connectivity index (χ1v) is 10.3. The molecule has 8 heteroatoms. The second-order valence-corrected chi connectivity index (χ2v) is 7.19. The zero-order valence-electron chi connectivity index (χ0n) is 19.0. The minimum absolute atomic E-state index is 0.0274. The van der Waals surface area contributed by atoms with E-state index in [0.29, 0.717) is 39.6 Å². The molecule has 0 saturated heterocycles. The van der Waals surface area contributed by atoms with E-state index in [1.54, 1.807) is 73.8 Å². The van der Waals surface area contributed by atoms with Crippen molar-refractivity contribution in [1.29, 1.82) is 5.26 Å². The molecule has 3 aromatic carbocycles. The van der Waals surface area contributed by atoms with Crippen LogP contribution in [0.15, 0.2) is 66.7 Å². The molecule has 8 nitrogen and oxygen atoms in total. The Hall–Kier alpha value is -4.51. The Morgan fingerprint density at radius 2 is 1.56 bits per heavy atom.